The molecular formula is C40H52O7. The lowest BCUT2D eigenvalue weighted by molar-refractivity contribution is 0.0319. The van der Waals surface area contributed by atoms with E-state index in [0.717, 1.165) is 37.9 Å². The highest BCUT2D eigenvalue weighted by atomic mass is 16.5. The number of carbonyl (C=O) groups excluding carboxylic acids is 3. The lowest BCUT2D eigenvalue weighted by Gasteiger charge is -2.13. The summed E-state index contributed by atoms with van der Waals surface area (Å²) in [6.07, 6.45) is 16.6. The summed E-state index contributed by atoms with van der Waals surface area (Å²) in [4.78, 5) is 37.8. The molecule has 0 spiro atoms. The maximum atomic E-state index is 12.7. The van der Waals surface area contributed by atoms with Gasteiger partial charge in [-0.1, -0.05) is 84.5 Å². The molecule has 1 atom stereocenters. The van der Waals surface area contributed by atoms with Crippen LogP contribution in [0.5, 0.6) is 17.2 Å². The van der Waals surface area contributed by atoms with Gasteiger partial charge in [-0.3, -0.25) is 0 Å². The summed E-state index contributed by atoms with van der Waals surface area (Å²) in [5.74, 6) is -0.145. The van der Waals surface area contributed by atoms with Gasteiger partial charge in [0.1, 0.15) is 17.2 Å². The molecule has 0 aliphatic rings. The van der Waals surface area contributed by atoms with Gasteiger partial charge >= 0.3 is 17.9 Å². The second-order valence-corrected chi connectivity index (χ2v) is 12.1. The lowest BCUT2D eigenvalue weighted by Crippen LogP contribution is -2.15. The zero-order valence-electron chi connectivity index (χ0n) is 28.5. The highest BCUT2D eigenvalue weighted by molar-refractivity contribution is 5.93. The van der Waals surface area contributed by atoms with Gasteiger partial charge < -0.3 is 18.9 Å². The van der Waals surface area contributed by atoms with Crippen molar-refractivity contribution in [1.82, 2.24) is 0 Å². The third-order valence-electron chi connectivity index (χ3n) is 7.98. The minimum Gasteiger partial charge on any atom is -0.494 e. The van der Waals surface area contributed by atoms with Crippen molar-refractivity contribution in [3.8, 4) is 17.2 Å². The largest absolute Gasteiger partial charge is 0.494 e. The molecule has 7 nitrogen and oxygen atoms in total. The van der Waals surface area contributed by atoms with E-state index in [4.69, 9.17) is 18.9 Å². The molecule has 0 N–H and O–H groups in total. The van der Waals surface area contributed by atoms with Gasteiger partial charge in [-0.15, -0.1) is 0 Å². The van der Waals surface area contributed by atoms with Crippen LogP contribution in [-0.4, -0.2) is 30.6 Å². The molecule has 0 fully saturated rings. The number of ether oxygens (including phenoxy) is 4. The van der Waals surface area contributed by atoms with Gasteiger partial charge in [0.2, 0.25) is 0 Å². The third-order valence-corrected chi connectivity index (χ3v) is 7.98. The van der Waals surface area contributed by atoms with E-state index in [1.165, 1.54) is 69.9 Å². The van der Waals surface area contributed by atoms with Crippen molar-refractivity contribution in [1.29, 1.82) is 0 Å². The van der Waals surface area contributed by atoms with Gasteiger partial charge in [-0.25, -0.2) is 14.4 Å². The molecule has 0 saturated carbocycles. The second-order valence-electron chi connectivity index (χ2n) is 12.1. The highest BCUT2D eigenvalue weighted by Gasteiger charge is 2.15. The number of hydrogen-bond donors (Lipinski definition) is 0. The quantitative estimate of drug-likeness (QED) is 0.0611. The van der Waals surface area contributed by atoms with Crippen LogP contribution in [0.15, 0.2) is 72.8 Å². The molecule has 7 heteroatoms. The van der Waals surface area contributed by atoms with Crippen LogP contribution in [0.25, 0.3) is 0 Å². The van der Waals surface area contributed by atoms with Crippen LogP contribution in [0.4, 0.5) is 0 Å². The van der Waals surface area contributed by atoms with E-state index < -0.39 is 17.9 Å². The van der Waals surface area contributed by atoms with Crippen molar-refractivity contribution >= 4 is 17.9 Å². The Kier molecular flexibility index (Phi) is 17.2. The summed E-state index contributed by atoms with van der Waals surface area (Å²) >= 11 is 0. The molecule has 0 aliphatic heterocycles. The van der Waals surface area contributed by atoms with Crippen molar-refractivity contribution < 1.29 is 33.3 Å². The summed E-state index contributed by atoms with van der Waals surface area (Å²) in [6.45, 7) is 6.96. The van der Waals surface area contributed by atoms with E-state index in [-0.39, 0.29) is 6.10 Å². The monoisotopic (exact) mass is 644 g/mol. The summed E-state index contributed by atoms with van der Waals surface area (Å²) in [6, 6.07) is 19.3. The molecule has 47 heavy (non-hydrogen) atoms. The van der Waals surface area contributed by atoms with Gasteiger partial charge in [-0.2, -0.15) is 0 Å². The molecule has 0 radical (unpaired) electrons. The molecular weight excluding hydrogens is 592 g/mol. The Hall–Kier alpha value is -4.13. The van der Waals surface area contributed by atoms with Gasteiger partial charge in [0.15, 0.2) is 0 Å². The number of esters is 3. The van der Waals surface area contributed by atoms with Gasteiger partial charge in [0.25, 0.3) is 0 Å². The van der Waals surface area contributed by atoms with Crippen LogP contribution < -0.4 is 14.2 Å². The Morgan fingerprint density at radius 1 is 0.489 bits per heavy atom. The fourth-order valence-electron chi connectivity index (χ4n) is 5.11. The zero-order valence-corrected chi connectivity index (χ0v) is 28.5. The standard InChI is InChI=1S/C40H52O7/c1-4-6-8-10-11-12-13-14-16-30-44-35-24-18-33(19-25-35)39(42)46-37-28-22-34(23-29-37)40(43)47-36-26-20-32(21-27-36)38(41)45-31(3)17-15-9-7-5-2/h18-29,31H,4-17,30H2,1-3H3. The molecule has 0 amide bonds. The van der Waals surface area contributed by atoms with E-state index in [1.54, 1.807) is 60.7 Å². The van der Waals surface area contributed by atoms with Crippen LogP contribution in [0.2, 0.25) is 0 Å². The van der Waals surface area contributed by atoms with Crippen molar-refractivity contribution in [2.24, 2.45) is 0 Å². The van der Waals surface area contributed by atoms with E-state index in [1.807, 2.05) is 6.92 Å². The van der Waals surface area contributed by atoms with Crippen molar-refractivity contribution in [3.63, 3.8) is 0 Å². The SMILES string of the molecule is CCCCCCCCCCCOc1ccc(C(=O)Oc2ccc(C(=O)Oc3ccc(C(=O)OC(C)CCCCCC)cc3)cc2)cc1. The number of unbranched alkanes of at least 4 members (excludes halogenated alkanes) is 11. The second kappa shape index (κ2) is 21.6. The molecule has 0 heterocycles. The van der Waals surface area contributed by atoms with E-state index in [2.05, 4.69) is 13.8 Å². The highest BCUT2D eigenvalue weighted by Crippen LogP contribution is 2.20. The van der Waals surface area contributed by atoms with Gasteiger partial charge in [0.05, 0.1) is 29.4 Å². The maximum Gasteiger partial charge on any atom is 0.343 e. The van der Waals surface area contributed by atoms with Crippen LogP contribution in [0.3, 0.4) is 0 Å². The topological polar surface area (TPSA) is 88.1 Å². The maximum absolute atomic E-state index is 12.7. The smallest absolute Gasteiger partial charge is 0.343 e. The van der Waals surface area contributed by atoms with Crippen LogP contribution in [0, 0.1) is 0 Å². The zero-order chi connectivity index (χ0) is 33.7. The van der Waals surface area contributed by atoms with Crippen molar-refractivity contribution in [2.45, 2.75) is 117 Å². The minimum absolute atomic E-state index is 0.154. The van der Waals surface area contributed by atoms with Crippen LogP contribution in [0.1, 0.15) is 142 Å². The number of hydrogen-bond acceptors (Lipinski definition) is 7. The Labute approximate surface area is 281 Å². The first-order valence-corrected chi connectivity index (χ1v) is 17.5. The normalized spacial score (nSPS) is 11.5. The first-order chi connectivity index (χ1) is 22.9. The average Bonchev–Trinajstić information content (AvgIpc) is 3.08. The number of benzene rings is 3. The Morgan fingerprint density at radius 2 is 0.872 bits per heavy atom. The Balaban J connectivity index is 1.37. The van der Waals surface area contributed by atoms with E-state index >= 15 is 0 Å². The van der Waals surface area contributed by atoms with Crippen LogP contribution in [-0.2, 0) is 4.74 Å². The third kappa shape index (κ3) is 14.4. The summed E-state index contributed by atoms with van der Waals surface area (Å²) in [5, 5.41) is 0. The van der Waals surface area contributed by atoms with Crippen LogP contribution >= 0.6 is 0 Å². The molecule has 3 aromatic carbocycles. The van der Waals surface area contributed by atoms with Crippen molar-refractivity contribution in [3.05, 3.63) is 89.5 Å². The fourth-order valence-corrected chi connectivity index (χ4v) is 5.11. The van der Waals surface area contributed by atoms with Gasteiger partial charge in [0, 0.05) is 0 Å². The van der Waals surface area contributed by atoms with Crippen molar-refractivity contribution in [2.75, 3.05) is 6.61 Å². The van der Waals surface area contributed by atoms with E-state index in [0.29, 0.717) is 34.8 Å². The summed E-state index contributed by atoms with van der Waals surface area (Å²) in [5.41, 5.74) is 1.09. The Morgan fingerprint density at radius 3 is 1.34 bits per heavy atom. The first kappa shape index (κ1) is 37.3. The molecule has 0 saturated heterocycles. The Bertz CT molecular complexity index is 1330. The predicted molar refractivity (Wildman–Crippen MR) is 186 cm³/mol. The molecule has 3 rings (SSSR count). The first-order valence-electron chi connectivity index (χ1n) is 17.5. The molecule has 254 valence electrons. The van der Waals surface area contributed by atoms with Gasteiger partial charge in [-0.05, 0) is 99.0 Å². The summed E-state index contributed by atoms with van der Waals surface area (Å²) in [7, 11) is 0. The number of carbonyl (C=O) groups is 3. The average molecular weight is 645 g/mol. The predicted octanol–water partition coefficient (Wildman–Crippen LogP) is 10.6. The summed E-state index contributed by atoms with van der Waals surface area (Å²) < 4.78 is 22.3. The molecule has 3 aromatic rings. The molecule has 0 aromatic heterocycles. The van der Waals surface area contributed by atoms with E-state index in [9.17, 15) is 14.4 Å². The molecule has 0 aliphatic carbocycles. The minimum atomic E-state index is -0.572. The number of rotatable bonds is 22. The fraction of sp³-hybridized carbons (Fsp3) is 0.475. The lowest BCUT2D eigenvalue weighted by atomic mass is 10.1. The molecule has 0 bridgehead atoms. The molecule has 1 unspecified atom stereocenters.